The minimum Gasteiger partial charge on any atom is -0.383 e. The molecule has 0 radical (unpaired) electrons. The van der Waals surface area contributed by atoms with Crippen LogP contribution in [-0.2, 0) is 0 Å². The molecule has 1 heterocycles. The van der Waals surface area contributed by atoms with Crippen molar-refractivity contribution in [3.63, 3.8) is 0 Å². The molecular formula is C15H25N3O. The summed E-state index contributed by atoms with van der Waals surface area (Å²) in [5, 5.41) is 3.26. The van der Waals surface area contributed by atoms with Crippen molar-refractivity contribution in [2.75, 3.05) is 25.5 Å². The van der Waals surface area contributed by atoms with Crippen molar-refractivity contribution >= 4 is 11.6 Å². The summed E-state index contributed by atoms with van der Waals surface area (Å²) in [5.41, 5.74) is 1.53. The summed E-state index contributed by atoms with van der Waals surface area (Å²) in [6.07, 6.45) is 5.49. The van der Waals surface area contributed by atoms with E-state index in [0.717, 1.165) is 31.6 Å². The second kappa shape index (κ2) is 7.77. The van der Waals surface area contributed by atoms with E-state index in [-0.39, 0.29) is 5.91 Å². The van der Waals surface area contributed by atoms with Gasteiger partial charge in [-0.2, -0.15) is 0 Å². The highest BCUT2D eigenvalue weighted by Crippen LogP contribution is 2.16. The monoisotopic (exact) mass is 263 g/mol. The molecule has 1 aromatic rings. The lowest BCUT2D eigenvalue weighted by Gasteiger charge is -2.22. The van der Waals surface area contributed by atoms with Gasteiger partial charge in [0.1, 0.15) is 0 Å². The van der Waals surface area contributed by atoms with E-state index >= 15 is 0 Å². The Balaban J connectivity index is 2.80. The zero-order valence-corrected chi connectivity index (χ0v) is 12.4. The second-order valence-corrected chi connectivity index (χ2v) is 5.05. The molecule has 106 valence electrons. The van der Waals surface area contributed by atoms with Crippen molar-refractivity contribution in [1.82, 2.24) is 9.88 Å². The van der Waals surface area contributed by atoms with Gasteiger partial charge >= 0.3 is 0 Å². The highest BCUT2D eigenvalue weighted by Gasteiger charge is 2.16. The number of anilines is 1. The van der Waals surface area contributed by atoms with Gasteiger partial charge in [0.25, 0.3) is 5.91 Å². The Bertz CT molecular complexity index is 406. The number of hydrogen-bond donors (Lipinski definition) is 1. The van der Waals surface area contributed by atoms with Gasteiger partial charge in [0, 0.05) is 26.3 Å². The Morgan fingerprint density at radius 2 is 2.21 bits per heavy atom. The Morgan fingerprint density at radius 3 is 2.84 bits per heavy atom. The Labute approximate surface area is 116 Å². The summed E-state index contributed by atoms with van der Waals surface area (Å²) in [6, 6.07) is 1.79. The molecule has 0 fully saturated rings. The fourth-order valence-electron chi connectivity index (χ4n) is 1.87. The van der Waals surface area contributed by atoms with Gasteiger partial charge < -0.3 is 10.2 Å². The van der Waals surface area contributed by atoms with Crippen LogP contribution in [-0.4, -0.2) is 35.9 Å². The van der Waals surface area contributed by atoms with Crippen molar-refractivity contribution in [1.29, 1.82) is 0 Å². The second-order valence-electron chi connectivity index (χ2n) is 5.05. The number of aromatic nitrogens is 1. The Hall–Kier alpha value is -1.58. The number of carbonyl (C=O) groups excluding carboxylic acids is 1. The number of pyridine rings is 1. The smallest absolute Gasteiger partial charge is 0.255 e. The molecule has 1 aromatic heterocycles. The van der Waals surface area contributed by atoms with Crippen molar-refractivity contribution in [3.8, 4) is 0 Å². The van der Waals surface area contributed by atoms with Crippen LogP contribution in [0.3, 0.4) is 0 Å². The Morgan fingerprint density at radius 1 is 1.47 bits per heavy atom. The summed E-state index contributed by atoms with van der Waals surface area (Å²) in [6.45, 7) is 8.03. The zero-order chi connectivity index (χ0) is 14.3. The van der Waals surface area contributed by atoms with Gasteiger partial charge in [-0.15, -0.1) is 0 Å². The minimum atomic E-state index is 0.0568. The molecule has 0 aromatic carbocycles. The average molecular weight is 263 g/mol. The molecule has 1 unspecified atom stereocenters. The maximum Gasteiger partial charge on any atom is 0.255 e. The Kier molecular flexibility index (Phi) is 6.33. The molecule has 1 atom stereocenters. The standard InChI is InChI=1S/C15H25N3O/c1-5-8-17-14-10-16-9-7-13(14)15(19)18(4)11-12(3)6-2/h7,9-10,12,17H,5-6,8,11H2,1-4H3. The molecule has 0 aliphatic heterocycles. The molecular weight excluding hydrogens is 238 g/mol. The summed E-state index contributed by atoms with van der Waals surface area (Å²) in [4.78, 5) is 18.3. The van der Waals surface area contributed by atoms with Crippen LogP contribution in [0.25, 0.3) is 0 Å². The maximum absolute atomic E-state index is 12.4. The van der Waals surface area contributed by atoms with Crippen molar-refractivity contribution in [2.24, 2.45) is 5.92 Å². The van der Waals surface area contributed by atoms with E-state index in [4.69, 9.17) is 0 Å². The molecule has 0 aliphatic rings. The largest absolute Gasteiger partial charge is 0.383 e. The van der Waals surface area contributed by atoms with Gasteiger partial charge in [-0.25, -0.2) is 0 Å². The van der Waals surface area contributed by atoms with Crippen LogP contribution in [0.15, 0.2) is 18.5 Å². The summed E-state index contributed by atoms with van der Waals surface area (Å²) in [5.74, 6) is 0.573. The van der Waals surface area contributed by atoms with E-state index in [2.05, 4.69) is 31.1 Å². The third-order valence-electron chi connectivity index (χ3n) is 3.25. The van der Waals surface area contributed by atoms with Crippen molar-refractivity contribution in [3.05, 3.63) is 24.0 Å². The lowest BCUT2D eigenvalue weighted by molar-refractivity contribution is 0.0775. The van der Waals surface area contributed by atoms with Crippen LogP contribution in [0.5, 0.6) is 0 Å². The summed E-state index contributed by atoms with van der Waals surface area (Å²) < 4.78 is 0. The number of carbonyl (C=O) groups is 1. The van der Waals surface area contributed by atoms with E-state index in [0.29, 0.717) is 11.5 Å². The number of amides is 1. The van der Waals surface area contributed by atoms with E-state index < -0.39 is 0 Å². The van der Waals surface area contributed by atoms with Gasteiger partial charge in [-0.05, 0) is 18.4 Å². The van der Waals surface area contributed by atoms with Crippen LogP contribution >= 0.6 is 0 Å². The van der Waals surface area contributed by atoms with Crippen LogP contribution in [0.4, 0.5) is 5.69 Å². The number of rotatable bonds is 7. The molecule has 1 N–H and O–H groups in total. The van der Waals surface area contributed by atoms with Crippen LogP contribution in [0.2, 0.25) is 0 Å². The first-order chi connectivity index (χ1) is 9.10. The fraction of sp³-hybridized carbons (Fsp3) is 0.600. The molecule has 0 bridgehead atoms. The third kappa shape index (κ3) is 4.54. The van der Waals surface area contributed by atoms with Crippen LogP contribution < -0.4 is 5.32 Å². The average Bonchev–Trinajstić information content (AvgIpc) is 2.44. The van der Waals surface area contributed by atoms with Gasteiger partial charge in [-0.1, -0.05) is 27.2 Å². The normalized spacial score (nSPS) is 12.0. The zero-order valence-electron chi connectivity index (χ0n) is 12.4. The van der Waals surface area contributed by atoms with Crippen molar-refractivity contribution in [2.45, 2.75) is 33.6 Å². The number of hydrogen-bond acceptors (Lipinski definition) is 3. The predicted octanol–water partition coefficient (Wildman–Crippen LogP) is 3.02. The molecule has 4 heteroatoms. The van der Waals surface area contributed by atoms with Gasteiger partial charge in [-0.3, -0.25) is 9.78 Å². The van der Waals surface area contributed by atoms with E-state index in [1.54, 1.807) is 23.4 Å². The lowest BCUT2D eigenvalue weighted by atomic mass is 10.1. The molecule has 0 saturated carbocycles. The molecule has 1 rings (SSSR count). The molecule has 0 spiro atoms. The number of nitrogens with zero attached hydrogens (tertiary/aromatic N) is 2. The van der Waals surface area contributed by atoms with E-state index in [1.165, 1.54) is 0 Å². The van der Waals surface area contributed by atoms with Crippen LogP contribution in [0.1, 0.15) is 44.0 Å². The maximum atomic E-state index is 12.4. The predicted molar refractivity (Wildman–Crippen MR) is 79.4 cm³/mol. The van der Waals surface area contributed by atoms with Crippen molar-refractivity contribution < 1.29 is 4.79 Å². The van der Waals surface area contributed by atoms with Gasteiger partial charge in [0.05, 0.1) is 17.4 Å². The van der Waals surface area contributed by atoms with E-state index in [9.17, 15) is 4.79 Å². The molecule has 19 heavy (non-hydrogen) atoms. The molecule has 4 nitrogen and oxygen atoms in total. The van der Waals surface area contributed by atoms with Crippen LogP contribution in [0, 0.1) is 5.92 Å². The third-order valence-corrected chi connectivity index (χ3v) is 3.25. The molecule has 0 saturated heterocycles. The molecule has 1 amide bonds. The number of nitrogens with one attached hydrogen (secondary N) is 1. The quantitative estimate of drug-likeness (QED) is 0.822. The first kappa shape index (κ1) is 15.5. The lowest BCUT2D eigenvalue weighted by Crippen LogP contribution is -2.31. The molecule has 0 aliphatic carbocycles. The van der Waals surface area contributed by atoms with Gasteiger partial charge in [0.2, 0.25) is 0 Å². The highest BCUT2D eigenvalue weighted by atomic mass is 16.2. The SMILES string of the molecule is CCCNc1cnccc1C(=O)N(C)CC(C)CC. The fourth-order valence-corrected chi connectivity index (χ4v) is 1.87. The topological polar surface area (TPSA) is 45.2 Å². The summed E-state index contributed by atoms with van der Waals surface area (Å²) in [7, 11) is 1.86. The first-order valence-electron chi connectivity index (χ1n) is 7.03. The van der Waals surface area contributed by atoms with Gasteiger partial charge in [0.15, 0.2) is 0 Å². The first-order valence-corrected chi connectivity index (χ1v) is 7.03. The minimum absolute atomic E-state index is 0.0568. The van der Waals surface area contributed by atoms with E-state index in [1.807, 2.05) is 7.05 Å². The highest BCUT2D eigenvalue weighted by molar-refractivity contribution is 5.99. The summed E-state index contributed by atoms with van der Waals surface area (Å²) >= 11 is 0.